The van der Waals surface area contributed by atoms with Gasteiger partial charge in [-0.2, -0.15) is 0 Å². The number of para-hydroxylation sites is 1. The summed E-state index contributed by atoms with van der Waals surface area (Å²) in [7, 11) is 0. The first-order valence-electron chi connectivity index (χ1n) is 6.24. The fourth-order valence-electron chi connectivity index (χ4n) is 2.78. The van der Waals surface area contributed by atoms with Gasteiger partial charge in [-0.15, -0.1) is 0 Å². The molecule has 1 spiro atoms. The maximum Gasteiger partial charge on any atom is 0.283 e. The van der Waals surface area contributed by atoms with Crippen LogP contribution in [0.2, 0.25) is 0 Å². The Morgan fingerprint density at radius 2 is 1.90 bits per heavy atom. The van der Waals surface area contributed by atoms with E-state index in [0.717, 1.165) is 27.1 Å². The molecular formula is C15H11BrN2O2. The molecule has 4 rings (SSSR count). The van der Waals surface area contributed by atoms with Crippen molar-refractivity contribution in [1.82, 2.24) is 0 Å². The van der Waals surface area contributed by atoms with Crippen LogP contribution in [0.15, 0.2) is 51.9 Å². The van der Waals surface area contributed by atoms with Gasteiger partial charge < -0.3 is 15.2 Å². The zero-order valence-corrected chi connectivity index (χ0v) is 12.1. The summed E-state index contributed by atoms with van der Waals surface area (Å²) in [6.45, 7) is 0.392. The van der Waals surface area contributed by atoms with Crippen LogP contribution in [0.5, 0.6) is 11.5 Å². The SMILES string of the molecule is NC1=N[C@]2(CO1)c1ccccc1Oc1ccc(Br)cc12. The van der Waals surface area contributed by atoms with Crippen LogP contribution < -0.4 is 10.5 Å². The number of aliphatic imine (C=N–C) groups is 1. The van der Waals surface area contributed by atoms with Gasteiger partial charge in [-0.25, -0.2) is 4.99 Å². The van der Waals surface area contributed by atoms with Crippen LogP contribution in [-0.4, -0.2) is 12.6 Å². The standard InChI is InChI=1S/C15H11BrN2O2/c16-9-5-6-13-11(7-9)15(8-19-14(17)18-15)10-3-1-2-4-12(10)20-13/h1-7H,8H2,(H2,17,18)/t15-/m1/s1. The predicted molar refractivity (Wildman–Crippen MR) is 79.0 cm³/mol. The van der Waals surface area contributed by atoms with Crippen molar-refractivity contribution in [1.29, 1.82) is 0 Å². The zero-order chi connectivity index (χ0) is 13.7. The average Bonchev–Trinajstić information content (AvgIpc) is 2.84. The first kappa shape index (κ1) is 11.8. The summed E-state index contributed by atoms with van der Waals surface area (Å²) in [5.74, 6) is 1.58. The zero-order valence-electron chi connectivity index (χ0n) is 10.5. The highest BCUT2D eigenvalue weighted by Gasteiger charge is 2.46. The molecule has 100 valence electrons. The molecule has 4 nitrogen and oxygen atoms in total. The Bertz CT molecular complexity index is 744. The Balaban J connectivity index is 2.05. The summed E-state index contributed by atoms with van der Waals surface area (Å²) in [5.41, 5.74) is 7.10. The van der Waals surface area contributed by atoms with Crippen LogP contribution >= 0.6 is 15.9 Å². The van der Waals surface area contributed by atoms with E-state index in [1.54, 1.807) is 0 Å². The summed E-state index contributed by atoms with van der Waals surface area (Å²) in [6.07, 6.45) is 0. The lowest BCUT2D eigenvalue weighted by molar-refractivity contribution is 0.264. The molecular weight excluding hydrogens is 320 g/mol. The van der Waals surface area contributed by atoms with Gasteiger partial charge in [0.25, 0.3) is 6.02 Å². The van der Waals surface area contributed by atoms with Gasteiger partial charge in [-0.05, 0) is 24.3 Å². The second kappa shape index (κ2) is 3.99. The smallest absolute Gasteiger partial charge is 0.283 e. The molecule has 5 heteroatoms. The third kappa shape index (κ3) is 1.50. The quantitative estimate of drug-likeness (QED) is 0.807. The Hall–Kier alpha value is -2.01. The van der Waals surface area contributed by atoms with E-state index < -0.39 is 5.54 Å². The molecule has 0 saturated carbocycles. The predicted octanol–water partition coefficient (Wildman–Crippen LogP) is 3.14. The van der Waals surface area contributed by atoms with E-state index in [0.29, 0.717) is 6.61 Å². The molecule has 0 unspecified atom stereocenters. The van der Waals surface area contributed by atoms with Crippen LogP contribution in [0.3, 0.4) is 0 Å². The van der Waals surface area contributed by atoms with Gasteiger partial charge in [0.2, 0.25) is 0 Å². The fraction of sp³-hybridized carbons (Fsp3) is 0.133. The number of nitrogens with zero attached hydrogens (tertiary/aromatic N) is 1. The minimum Gasteiger partial charge on any atom is -0.462 e. The highest BCUT2D eigenvalue weighted by molar-refractivity contribution is 9.10. The molecule has 0 bridgehead atoms. The van der Waals surface area contributed by atoms with Crippen molar-refractivity contribution in [3.63, 3.8) is 0 Å². The number of hydrogen-bond acceptors (Lipinski definition) is 4. The number of nitrogens with two attached hydrogens (primary N) is 1. The first-order valence-corrected chi connectivity index (χ1v) is 7.04. The minimum absolute atomic E-state index is 0.215. The molecule has 2 aromatic carbocycles. The summed E-state index contributed by atoms with van der Waals surface area (Å²) in [6, 6.07) is 14.0. The van der Waals surface area contributed by atoms with Crippen molar-refractivity contribution in [2.45, 2.75) is 5.54 Å². The Morgan fingerprint density at radius 1 is 1.10 bits per heavy atom. The van der Waals surface area contributed by atoms with Crippen molar-refractivity contribution in [2.24, 2.45) is 10.7 Å². The molecule has 0 saturated heterocycles. The van der Waals surface area contributed by atoms with E-state index in [1.165, 1.54) is 0 Å². The Morgan fingerprint density at radius 3 is 2.70 bits per heavy atom. The number of rotatable bonds is 0. The topological polar surface area (TPSA) is 56.8 Å². The van der Waals surface area contributed by atoms with Gasteiger partial charge in [0.15, 0.2) is 5.54 Å². The monoisotopic (exact) mass is 330 g/mol. The van der Waals surface area contributed by atoms with E-state index in [4.69, 9.17) is 15.2 Å². The number of fused-ring (bicyclic) bond motifs is 4. The van der Waals surface area contributed by atoms with Crippen molar-refractivity contribution < 1.29 is 9.47 Å². The first-order chi connectivity index (χ1) is 9.69. The van der Waals surface area contributed by atoms with Crippen LogP contribution in [-0.2, 0) is 10.3 Å². The van der Waals surface area contributed by atoms with E-state index in [2.05, 4.69) is 20.9 Å². The molecule has 0 aromatic heterocycles. The van der Waals surface area contributed by atoms with Crippen molar-refractivity contribution in [3.8, 4) is 11.5 Å². The fourth-order valence-corrected chi connectivity index (χ4v) is 3.14. The lowest BCUT2D eigenvalue weighted by Crippen LogP contribution is -2.30. The maximum absolute atomic E-state index is 5.97. The summed E-state index contributed by atoms with van der Waals surface area (Å²) < 4.78 is 12.4. The Labute approximate surface area is 124 Å². The number of amidine groups is 1. The summed E-state index contributed by atoms with van der Waals surface area (Å²) >= 11 is 3.50. The molecule has 2 aliphatic rings. The van der Waals surface area contributed by atoms with Crippen molar-refractivity contribution in [3.05, 3.63) is 58.1 Å². The second-order valence-electron chi connectivity index (χ2n) is 4.84. The van der Waals surface area contributed by atoms with E-state index in [-0.39, 0.29) is 6.02 Å². The lowest BCUT2D eigenvalue weighted by atomic mass is 9.81. The molecule has 0 amide bonds. The molecule has 2 N–H and O–H groups in total. The lowest BCUT2D eigenvalue weighted by Gasteiger charge is -2.33. The van der Waals surface area contributed by atoms with Crippen LogP contribution in [0.25, 0.3) is 0 Å². The largest absolute Gasteiger partial charge is 0.462 e. The van der Waals surface area contributed by atoms with Crippen LogP contribution in [0.4, 0.5) is 0 Å². The van der Waals surface area contributed by atoms with Gasteiger partial charge in [0, 0.05) is 15.6 Å². The van der Waals surface area contributed by atoms with Gasteiger partial charge in [-0.3, -0.25) is 0 Å². The highest BCUT2D eigenvalue weighted by atomic mass is 79.9. The third-order valence-corrected chi connectivity index (χ3v) is 4.16. The molecule has 1 atom stereocenters. The average molecular weight is 331 g/mol. The van der Waals surface area contributed by atoms with Crippen molar-refractivity contribution in [2.75, 3.05) is 6.61 Å². The second-order valence-corrected chi connectivity index (χ2v) is 5.75. The van der Waals surface area contributed by atoms with Gasteiger partial charge in [0.1, 0.15) is 18.1 Å². The molecule has 0 radical (unpaired) electrons. The molecule has 0 fully saturated rings. The molecule has 0 aliphatic carbocycles. The molecule has 2 aliphatic heterocycles. The minimum atomic E-state index is -0.613. The number of benzene rings is 2. The number of ether oxygens (including phenoxy) is 2. The van der Waals surface area contributed by atoms with E-state index >= 15 is 0 Å². The normalized spacial score (nSPS) is 22.6. The van der Waals surface area contributed by atoms with Gasteiger partial charge in [-0.1, -0.05) is 34.1 Å². The third-order valence-electron chi connectivity index (χ3n) is 3.67. The summed E-state index contributed by atoms with van der Waals surface area (Å²) in [5, 5.41) is 0. The summed E-state index contributed by atoms with van der Waals surface area (Å²) in [4.78, 5) is 4.57. The molecule has 2 aromatic rings. The maximum atomic E-state index is 5.97. The molecule has 2 heterocycles. The van der Waals surface area contributed by atoms with Crippen LogP contribution in [0, 0.1) is 0 Å². The van der Waals surface area contributed by atoms with Gasteiger partial charge >= 0.3 is 0 Å². The number of halogens is 1. The van der Waals surface area contributed by atoms with E-state index in [1.807, 2.05) is 42.5 Å². The molecule has 20 heavy (non-hydrogen) atoms. The number of hydrogen-bond donors (Lipinski definition) is 1. The van der Waals surface area contributed by atoms with Gasteiger partial charge in [0.05, 0.1) is 0 Å². The van der Waals surface area contributed by atoms with E-state index in [9.17, 15) is 0 Å². The van der Waals surface area contributed by atoms with Crippen molar-refractivity contribution >= 4 is 22.0 Å². The highest BCUT2D eigenvalue weighted by Crippen LogP contribution is 2.51. The Kier molecular flexibility index (Phi) is 2.35. The van der Waals surface area contributed by atoms with Crippen LogP contribution in [0.1, 0.15) is 11.1 Å².